The fourth-order valence-corrected chi connectivity index (χ4v) is 6.05. The molecular formula is C19H19NO4S. The standard InChI is InChI=1S/C19H19NO4S/c1-12-9-14-5-2-3-8-17(14)20(12)25(23,24)18-11-15(19(21)22)10-13-6-4-7-16(13)18/h2-3,5,8,10-12H,4,6-7,9H2,1H3,(H,21,22)/t12-/m1/s1. The van der Waals surface area contributed by atoms with E-state index in [1.54, 1.807) is 6.07 Å². The lowest BCUT2D eigenvalue weighted by Gasteiger charge is -2.26. The molecule has 0 saturated carbocycles. The van der Waals surface area contributed by atoms with Gasteiger partial charge in [0.15, 0.2) is 0 Å². The summed E-state index contributed by atoms with van der Waals surface area (Å²) in [7, 11) is -3.81. The highest BCUT2D eigenvalue weighted by Gasteiger charge is 2.38. The van der Waals surface area contributed by atoms with Crippen molar-refractivity contribution in [1.82, 2.24) is 0 Å². The molecule has 0 bridgehead atoms. The summed E-state index contributed by atoms with van der Waals surface area (Å²) in [6, 6.07) is 10.3. The van der Waals surface area contributed by atoms with Crippen LogP contribution in [0.3, 0.4) is 0 Å². The molecule has 6 heteroatoms. The Morgan fingerprint density at radius 2 is 1.92 bits per heavy atom. The number of aromatic carboxylic acids is 1. The molecule has 0 aromatic heterocycles. The summed E-state index contributed by atoms with van der Waals surface area (Å²) in [6.45, 7) is 1.89. The van der Waals surface area contributed by atoms with Gasteiger partial charge in [-0.15, -0.1) is 0 Å². The molecule has 2 aromatic rings. The van der Waals surface area contributed by atoms with E-state index in [4.69, 9.17) is 0 Å². The Bertz CT molecular complexity index is 981. The van der Waals surface area contributed by atoms with Crippen LogP contribution in [0.4, 0.5) is 5.69 Å². The predicted molar refractivity (Wildman–Crippen MR) is 94.7 cm³/mol. The number of hydrogen-bond acceptors (Lipinski definition) is 3. The number of nitrogens with zero attached hydrogens (tertiary/aromatic N) is 1. The summed E-state index contributed by atoms with van der Waals surface area (Å²) >= 11 is 0. The molecule has 0 saturated heterocycles. The number of carboxylic acids is 1. The largest absolute Gasteiger partial charge is 0.478 e. The van der Waals surface area contributed by atoms with Crippen LogP contribution in [0.2, 0.25) is 0 Å². The summed E-state index contributed by atoms with van der Waals surface area (Å²) in [5, 5.41) is 9.37. The quantitative estimate of drug-likeness (QED) is 0.916. The second kappa shape index (κ2) is 5.59. The molecule has 0 spiro atoms. The number of rotatable bonds is 3. The van der Waals surface area contributed by atoms with E-state index >= 15 is 0 Å². The first-order chi connectivity index (χ1) is 11.9. The molecule has 5 nitrogen and oxygen atoms in total. The van der Waals surface area contributed by atoms with Gasteiger partial charge >= 0.3 is 5.97 Å². The molecule has 1 heterocycles. The highest BCUT2D eigenvalue weighted by Crippen LogP contribution is 2.39. The number of para-hydroxylation sites is 1. The van der Waals surface area contributed by atoms with Crippen molar-refractivity contribution in [2.24, 2.45) is 0 Å². The lowest BCUT2D eigenvalue weighted by molar-refractivity contribution is 0.0696. The maximum atomic E-state index is 13.5. The van der Waals surface area contributed by atoms with Crippen LogP contribution in [0.1, 0.15) is 40.4 Å². The van der Waals surface area contributed by atoms with E-state index in [2.05, 4.69) is 0 Å². The summed E-state index contributed by atoms with van der Waals surface area (Å²) in [4.78, 5) is 11.6. The van der Waals surface area contributed by atoms with Crippen LogP contribution in [-0.2, 0) is 29.3 Å². The third kappa shape index (κ3) is 2.43. The average Bonchev–Trinajstić information content (AvgIpc) is 3.16. The molecule has 1 N–H and O–H groups in total. The Kier molecular flexibility index (Phi) is 3.61. The van der Waals surface area contributed by atoms with Crippen molar-refractivity contribution in [2.75, 3.05) is 4.31 Å². The smallest absolute Gasteiger partial charge is 0.335 e. The van der Waals surface area contributed by atoms with Crippen LogP contribution < -0.4 is 4.31 Å². The summed E-state index contributed by atoms with van der Waals surface area (Å²) in [6.07, 6.45) is 2.92. The Morgan fingerprint density at radius 3 is 2.68 bits per heavy atom. The van der Waals surface area contributed by atoms with Crippen LogP contribution in [0.25, 0.3) is 0 Å². The molecule has 0 unspecified atom stereocenters. The average molecular weight is 357 g/mol. The first-order valence-electron chi connectivity index (χ1n) is 8.41. The number of hydrogen-bond donors (Lipinski definition) is 1. The summed E-state index contributed by atoms with van der Waals surface area (Å²) in [5.74, 6) is -1.10. The molecule has 2 aromatic carbocycles. The zero-order chi connectivity index (χ0) is 17.8. The van der Waals surface area contributed by atoms with Gasteiger partial charge < -0.3 is 5.11 Å². The second-order valence-electron chi connectivity index (χ2n) is 6.75. The van der Waals surface area contributed by atoms with E-state index in [-0.39, 0.29) is 16.5 Å². The van der Waals surface area contributed by atoms with Gasteiger partial charge in [-0.1, -0.05) is 18.2 Å². The van der Waals surface area contributed by atoms with Gasteiger partial charge in [-0.2, -0.15) is 0 Å². The molecule has 4 rings (SSSR count). The predicted octanol–water partition coefficient (Wildman–Crippen LogP) is 3.01. The number of anilines is 1. The third-order valence-corrected chi connectivity index (χ3v) is 7.10. The van der Waals surface area contributed by atoms with Crippen molar-refractivity contribution in [3.63, 3.8) is 0 Å². The number of benzene rings is 2. The number of aryl methyl sites for hydroxylation is 1. The van der Waals surface area contributed by atoms with Crippen molar-refractivity contribution in [2.45, 2.75) is 43.5 Å². The Hall–Kier alpha value is -2.34. The molecule has 0 fully saturated rings. The fraction of sp³-hybridized carbons (Fsp3) is 0.316. The van der Waals surface area contributed by atoms with Gasteiger partial charge in [0.1, 0.15) is 0 Å². The molecule has 0 radical (unpaired) electrons. The van der Waals surface area contributed by atoms with Crippen LogP contribution in [0, 0.1) is 0 Å². The minimum Gasteiger partial charge on any atom is -0.478 e. The van der Waals surface area contributed by atoms with E-state index in [1.165, 1.54) is 10.4 Å². The van der Waals surface area contributed by atoms with E-state index in [1.807, 2.05) is 31.2 Å². The molecule has 130 valence electrons. The van der Waals surface area contributed by atoms with E-state index < -0.39 is 16.0 Å². The fourth-order valence-electron chi connectivity index (χ4n) is 4.03. The van der Waals surface area contributed by atoms with Crippen molar-refractivity contribution < 1.29 is 18.3 Å². The minimum atomic E-state index is -3.81. The summed E-state index contributed by atoms with van der Waals surface area (Å²) < 4.78 is 28.4. The summed E-state index contributed by atoms with van der Waals surface area (Å²) in [5.41, 5.74) is 3.37. The van der Waals surface area contributed by atoms with Gasteiger partial charge in [0.25, 0.3) is 10.0 Å². The Morgan fingerprint density at radius 1 is 1.16 bits per heavy atom. The topological polar surface area (TPSA) is 74.7 Å². The molecule has 25 heavy (non-hydrogen) atoms. The molecule has 1 atom stereocenters. The van der Waals surface area contributed by atoms with E-state index in [0.29, 0.717) is 18.5 Å². The SMILES string of the molecule is C[C@@H]1Cc2ccccc2N1S(=O)(=O)c1cc(C(=O)O)cc2c1CCC2. The monoisotopic (exact) mass is 357 g/mol. The number of carbonyl (C=O) groups is 1. The molecule has 0 amide bonds. The van der Waals surface area contributed by atoms with E-state index in [9.17, 15) is 18.3 Å². The van der Waals surface area contributed by atoms with Crippen LogP contribution in [-0.4, -0.2) is 25.5 Å². The second-order valence-corrected chi connectivity index (χ2v) is 8.54. The van der Waals surface area contributed by atoms with Crippen molar-refractivity contribution in [3.05, 3.63) is 58.7 Å². The maximum Gasteiger partial charge on any atom is 0.335 e. The number of sulfonamides is 1. The maximum absolute atomic E-state index is 13.5. The van der Waals surface area contributed by atoms with Gasteiger partial charge in [0.05, 0.1) is 16.1 Å². The molecule has 1 aliphatic heterocycles. The molecule has 1 aliphatic carbocycles. The van der Waals surface area contributed by atoms with Gasteiger partial charge in [-0.25, -0.2) is 13.2 Å². The van der Waals surface area contributed by atoms with Gasteiger partial charge in [0, 0.05) is 6.04 Å². The number of carboxylic acid groups (broad SMARTS) is 1. The highest BCUT2D eigenvalue weighted by molar-refractivity contribution is 7.93. The van der Waals surface area contributed by atoms with Crippen molar-refractivity contribution >= 4 is 21.7 Å². The van der Waals surface area contributed by atoms with Crippen LogP contribution in [0.15, 0.2) is 41.3 Å². The zero-order valence-corrected chi connectivity index (χ0v) is 14.7. The minimum absolute atomic E-state index is 0.0411. The van der Waals surface area contributed by atoms with Gasteiger partial charge in [0.2, 0.25) is 0 Å². The van der Waals surface area contributed by atoms with Crippen LogP contribution in [0.5, 0.6) is 0 Å². The van der Waals surface area contributed by atoms with E-state index in [0.717, 1.165) is 29.5 Å². The Balaban J connectivity index is 1.91. The zero-order valence-electron chi connectivity index (χ0n) is 13.9. The number of fused-ring (bicyclic) bond motifs is 2. The van der Waals surface area contributed by atoms with Gasteiger partial charge in [-0.05, 0) is 67.5 Å². The lowest BCUT2D eigenvalue weighted by atomic mass is 10.1. The first kappa shape index (κ1) is 16.1. The molecule has 2 aliphatic rings. The molecular weight excluding hydrogens is 338 g/mol. The van der Waals surface area contributed by atoms with Crippen molar-refractivity contribution in [3.8, 4) is 0 Å². The van der Waals surface area contributed by atoms with Crippen LogP contribution >= 0.6 is 0 Å². The van der Waals surface area contributed by atoms with Gasteiger partial charge in [-0.3, -0.25) is 4.31 Å². The van der Waals surface area contributed by atoms with Crippen molar-refractivity contribution in [1.29, 1.82) is 0 Å². The highest BCUT2D eigenvalue weighted by atomic mass is 32.2. The first-order valence-corrected chi connectivity index (χ1v) is 9.85. The lowest BCUT2D eigenvalue weighted by Crippen LogP contribution is -2.36. The normalized spacial score (nSPS) is 18.9. The third-order valence-electron chi connectivity index (χ3n) is 5.10. The Labute approximate surface area is 147 Å².